The smallest absolute Gasteiger partial charge is 0.0524 e. The lowest BCUT2D eigenvalue weighted by atomic mass is 9.67. The molecule has 248 valence electrons. The Morgan fingerprint density at radius 2 is 0.981 bits per heavy atom. The van der Waals surface area contributed by atoms with Crippen molar-refractivity contribution in [3.8, 4) is 33.4 Å². The number of fused-ring (bicyclic) bond motifs is 7. The summed E-state index contributed by atoms with van der Waals surface area (Å²) in [5, 5.41) is 0. The molecule has 9 rings (SSSR count). The summed E-state index contributed by atoms with van der Waals surface area (Å²) in [6.45, 7) is 6.85. The van der Waals surface area contributed by atoms with Gasteiger partial charge in [-0.15, -0.1) is 0 Å². The topological polar surface area (TPSA) is 3.24 Å². The van der Waals surface area contributed by atoms with Gasteiger partial charge in [0, 0.05) is 23.5 Å². The summed E-state index contributed by atoms with van der Waals surface area (Å²) < 4.78 is 0. The van der Waals surface area contributed by atoms with Crippen LogP contribution >= 0.6 is 0 Å². The van der Waals surface area contributed by atoms with Crippen LogP contribution in [0.25, 0.3) is 39.0 Å². The van der Waals surface area contributed by atoms with Crippen molar-refractivity contribution in [1.29, 1.82) is 0 Å². The molecule has 1 heteroatoms. The molecule has 0 atom stereocenters. The molecule has 0 bridgehead atoms. The zero-order valence-corrected chi connectivity index (χ0v) is 29.3. The van der Waals surface area contributed by atoms with Crippen LogP contribution in [0, 0.1) is 6.92 Å². The molecule has 0 aliphatic heterocycles. The maximum Gasteiger partial charge on any atom is 0.0524 e. The fourth-order valence-electron chi connectivity index (χ4n) is 8.50. The average molecular weight is 666 g/mol. The fraction of sp³-hybridized carbons (Fsp3) is 0.0588. The summed E-state index contributed by atoms with van der Waals surface area (Å²) in [6.07, 6.45) is 7.43. The van der Waals surface area contributed by atoms with E-state index in [1.807, 2.05) is 0 Å². The standard InChI is InChI=1S/C51H39N/c1-36-16-15-21-43(35-51(47-25-12-9-22-44(36)47)48-26-13-10-23-45(48)46-24-11-14-27-49(46)51)52(42-31-28-40(29-32-42)38-17-5-3-6-18-38)50-33-30-41(34-37(50)2)39-19-7-4-8-20-39/h3-34H,1,35H2,2H3/b16-15-,43-21+. The van der Waals surface area contributed by atoms with Gasteiger partial charge in [-0.05, 0) is 104 Å². The summed E-state index contributed by atoms with van der Waals surface area (Å²) in [7, 11) is 0. The van der Waals surface area contributed by atoms with Gasteiger partial charge in [0.25, 0.3) is 0 Å². The third kappa shape index (κ3) is 5.25. The van der Waals surface area contributed by atoms with Gasteiger partial charge in [-0.1, -0.05) is 170 Å². The first kappa shape index (κ1) is 31.5. The second kappa shape index (κ2) is 13.0. The zero-order valence-electron chi connectivity index (χ0n) is 29.3. The summed E-state index contributed by atoms with van der Waals surface area (Å²) >= 11 is 0. The normalized spacial score (nSPS) is 15.6. The molecule has 0 N–H and O–H groups in total. The molecule has 0 aromatic heterocycles. The average Bonchev–Trinajstić information content (AvgIpc) is 3.51. The van der Waals surface area contributed by atoms with Crippen LogP contribution in [-0.2, 0) is 5.41 Å². The minimum atomic E-state index is -0.454. The van der Waals surface area contributed by atoms with Gasteiger partial charge in [0.1, 0.15) is 0 Å². The largest absolute Gasteiger partial charge is 0.314 e. The Labute approximate surface area is 307 Å². The quantitative estimate of drug-likeness (QED) is 0.177. The third-order valence-electron chi connectivity index (χ3n) is 10.9. The van der Waals surface area contributed by atoms with E-state index in [0.29, 0.717) is 0 Å². The van der Waals surface area contributed by atoms with Crippen molar-refractivity contribution in [3.05, 3.63) is 234 Å². The van der Waals surface area contributed by atoms with Gasteiger partial charge in [-0.25, -0.2) is 0 Å². The maximum atomic E-state index is 4.61. The number of nitrogens with zero attached hydrogens (tertiary/aromatic N) is 1. The molecule has 0 saturated carbocycles. The summed E-state index contributed by atoms with van der Waals surface area (Å²) in [5.41, 5.74) is 17.8. The van der Waals surface area contributed by atoms with Crippen molar-refractivity contribution in [2.75, 3.05) is 4.90 Å². The number of anilines is 2. The van der Waals surface area contributed by atoms with Crippen LogP contribution in [0.1, 0.15) is 34.2 Å². The van der Waals surface area contributed by atoms with Crippen molar-refractivity contribution in [1.82, 2.24) is 0 Å². The SMILES string of the molecule is C=C1/C=C\C=C(\N(c2ccc(-c3ccccc3)cc2)c2ccc(-c3ccccc3)cc2C)CC2(c3ccccc31)c1ccccc1-c1ccccc12. The molecule has 1 nitrogen and oxygen atoms in total. The molecule has 0 amide bonds. The number of rotatable bonds is 5. The lowest BCUT2D eigenvalue weighted by Gasteiger charge is -2.39. The monoisotopic (exact) mass is 665 g/mol. The maximum absolute atomic E-state index is 4.61. The van der Waals surface area contributed by atoms with E-state index in [2.05, 4.69) is 213 Å². The first-order valence-electron chi connectivity index (χ1n) is 18.1. The van der Waals surface area contributed by atoms with E-state index in [1.165, 1.54) is 66.9 Å². The number of hydrogen-bond acceptors (Lipinski definition) is 1. The summed E-state index contributed by atoms with van der Waals surface area (Å²) in [4.78, 5) is 2.49. The molecular formula is C51H39N. The van der Waals surface area contributed by atoms with Gasteiger partial charge in [0.15, 0.2) is 0 Å². The second-order valence-corrected chi connectivity index (χ2v) is 13.9. The molecule has 0 saturated heterocycles. The number of benzene rings is 7. The Morgan fingerprint density at radius 1 is 0.500 bits per heavy atom. The lowest BCUT2D eigenvalue weighted by Crippen LogP contribution is -2.32. The third-order valence-corrected chi connectivity index (χ3v) is 10.9. The van der Waals surface area contributed by atoms with E-state index in [9.17, 15) is 0 Å². The Morgan fingerprint density at radius 3 is 1.58 bits per heavy atom. The molecule has 0 unspecified atom stereocenters. The van der Waals surface area contributed by atoms with Crippen LogP contribution in [0.3, 0.4) is 0 Å². The van der Waals surface area contributed by atoms with Crippen LogP contribution in [0.15, 0.2) is 206 Å². The second-order valence-electron chi connectivity index (χ2n) is 13.9. The van der Waals surface area contributed by atoms with E-state index >= 15 is 0 Å². The molecule has 0 heterocycles. The lowest BCUT2D eigenvalue weighted by molar-refractivity contribution is 0.617. The zero-order chi connectivity index (χ0) is 35.1. The van der Waals surface area contributed by atoms with Gasteiger partial charge in [0.05, 0.1) is 5.41 Å². The molecule has 1 spiro atoms. The van der Waals surface area contributed by atoms with Crippen LogP contribution in [0.2, 0.25) is 0 Å². The highest BCUT2D eigenvalue weighted by Gasteiger charge is 2.47. The minimum absolute atomic E-state index is 0.454. The molecule has 7 aromatic carbocycles. The number of allylic oxidation sites excluding steroid dienone is 5. The van der Waals surface area contributed by atoms with Gasteiger partial charge >= 0.3 is 0 Å². The van der Waals surface area contributed by atoms with Crippen LogP contribution in [-0.4, -0.2) is 0 Å². The van der Waals surface area contributed by atoms with Gasteiger partial charge in [0.2, 0.25) is 0 Å². The predicted octanol–water partition coefficient (Wildman–Crippen LogP) is 13.3. The first-order chi connectivity index (χ1) is 25.6. The van der Waals surface area contributed by atoms with Crippen molar-refractivity contribution in [3.63, 3.8) is 0 Å². The van der Waals surface area contributed by atoms with Crippen molar-refractivity contribution >= 4 is 16.9 Å². The van der Waals surface area contributed by atoms with Gasteiger partial charge in [-0.2, -0.15) is 0 Å². The fourth-order valence-corrected chi connectivity index (χ4v) is 8.50. The molecule has 0 fully saturated rings. The highest BCUT2D eigenvalue weighted by Crippen LogP contribution is 2.57. The van der Waals surface area contributed by atoms with E-state index < -0.39 is 5.41 Å². The highest BCUT2D eigenvalue weighted by molar-refractivity contribution is 5.88. The van der Waals surface area contributed by atoms with Crippen molar-refractivity contribution < 1.29 is 0 Å². The van der Waals surface area contributed by atoms with E-state index in [0.717, 1.165) is 23.4 Å². The Hall–Kier alpha value is -6.44. The predicted molar refractivity (Wildman–Crippen MR) is 220 cm³/mol. The van der Waals surface area contributed by atoms with Crippen molar-refractivity contribution in [2.45, 2.75) is 18.8 Å². The van der Waals surface area contributed by atoms with Gasteiger partial charge < -0.3 is 4.90 Å². The molecule has 0 radical (unpaired) electrons. The Bertz CT molecular complexity index is 2450. The molecule has 2 aliphatic rings. The van der Waals surface area contributed by atoms with E-state index in [-0.39, 0.29) is 0 Å². The molecule has 52 heavy (non-hydrogen) atoms. The Kier molecular flexibility index (Phi) is 7.90. The van der Waals surface area contributed by atoms with Crippen LogP contribution in [0.5, 0.6) is 0 Å². The minimum Gasteiger partial charge on any atom is -0.314 e. The number of hydrogen-bond donors (Lipinski definition) is 0. The highest BCUT2D eigenvalue weighted by atomic mass is 15.2. The van der Waals surface area contributed by atoms with Gasteiger partial charge in [-0.3, -0.25) is 0 Å². The van der Waals surface area contributed by atoms with Crippen molar-refractivity contribution in [2.24, 2.45) is 0 Å². The molecule has 2 aliphatic carbocycles. The van der Waals surface area contributed by atoms with E-state index in [1.54, 1.807) is 0 Å². The van der Waals surface area contributed by atoms with E-state index in [4.69, 9.17) is 0 Å². The molecule has 7 aromatic rings. The van der Waals surface area contributed by atoms with Crippen LogP contribution < -0.4 is 4.90 Å². The summed E-state index contributed by atoms with van der Waals surface area (Å²) in [6, 6.07) is 64.2. The first-order valence-corrected chi connectivity index (χ1v) is 18.1. The number of aryl methyl sites for hydroxylation is 1. The molecular weight excluding hydrogens is 627 g/mol. The summed E-state index contributed by atoms with van der Waals surface area (Å²) in [5.74, 6) is 0. The Balaban J connectivity index is 1.28. The van der Waals surface area contributed by atoms with Crippen LogP contribution in [0.4, 0.5) is 11.4 Å².